The third-order valence-corrected chi connectivity index (χ3v) is 6.85. The summed E-state index contributed by atoms with van der Waals surface area (Å²) in [5.41, 5.74) is 1.65. The van der Waals surface area contributed by atoms with E-state index >= 15 is 0 Å². The van der Waals surface area contributed by atoms with Crippen LogP contribution in [0, 0.1) is 0 Å². The van der Waals surface area contributed by atoms with Gasteiger partial charge in [-0.3, -0.25) is 9.69 Å². The van der Waals surface area contributed by atoms with E-state index in [1.807, 2.05) is 54.6 Å². The van der Waals surface area contributed by atoms with Crippen LogP contribution >= 0.6 is 39.3 Å². The first kappa shape index (κ1) is 20.0. The molecular formula is C22H16BrClN2O2S. The topological polar surface area (TPSA) is 41.9 Å². The van der Waals surface area contributed by atoms with Crippen molar-refractivity contribution in [1.29, 1.82) is 0 Å². The zero-order valence-corrected chi connectivity index (χ0v) is 18.8. The Morgan fingerprint density at radius 3 is 2.62 bits per heavy atom. The van der Waals surface area contributed by atoms with E-state index in [4.69, 9.17) is 16.3 Å². The molecule has 4 rings (SSSR count). The lowest BCUT2D eigenvalue weighted by atomic mass is 10.0. The second kappa shape index (κ2) is 8.22. The fraction of sp³-hybridized carbons (Fsp3) is 0.0909. The fourth-order valence-corrected chi connectivity index (χ4v) is 4.46. The minimum atomic E-state index is -0.0862. The van der Waals surface area contributed by atoms with Crippen molar-refractivity contribution in [3.63, 3.8) is 0 Å². The second-order valence-corrected chi connectivity index (χ2v) is 8.64. The molecule has 0 unspecified atom stereocenters. The molecule has 0 spiro atoms. The molecule has 7 heteroatoms. The fourth-order valence-electron chi connectivity index (χ4n) is 3.06. The summed E-state index contributed by atoms with van der Waals surface area (Å²) in [6, 6.07) is 17.3. The minimum Gasteiger partial charge on any atom is -0.496 e. The van der Waals surface area contributed by atoms with Crippen molar-refractivity contribution in [2.45, 2.75) is 0 Å². The number of amidine groups is 1. The van der Waals surface area contributed by atoms with E-state index in [0.29, 0.717) is 20.8 Å². The van der Waals surface area contributed by atoms with Gasteiger partial charge in [0.1, 0.15) is 5.75 Å². The summed E-state index contributed by atoms with van der Waals surface area (Å²) < 4.78 is 6.26. The van der Waals surface area contributed by atoms with Crippen LogP contribution in [0.3, 0.4) is 0 Å². The van der Waals surface area contributed by atoms with E-state index in [1.165, 1.54) is 11.8 Å². The van der Waals surface area contributed by atoms with Crippen LogP contribution in [0.1, 0.15) is 5.56 Å². The molecule has 29 heavy (non-hydrogen) atoms. The van der Waals surface area contributed by atoms with Gasteiger partial charge in [-0.05, 0) is 69.0 Å². The zero-order valence-electron chi connectivity index (χ0n) is 15.6. The number of likely N-dealkylation sites (N-methyl/N-ethyl adjacent to an activating group) is 1. The largest absolute Gasteiger partial charge is 0.496 e. The Hall–Kier alpha value is -2.28. The van der Waals surface area contributed by atoms with E-state index in [0.717, 1.165) is 26.6 Å². The molecule has 1 aliphatic heterocycles. The summed E-state index contributed by atoms with van der Waals surface area (Å²) in [5.74, 6) is 0.719. The summed E-state index contributed by atoms with van der Waals surface area (Å²) in [5, 5.41) is 3.22. The predicted octanol–water partition coefficient (Wildman–Crippen LogP) is 6.50. The quantitative estimate of drug-likeness (QED) is 0.396. The maximum atomic E-state index is 12.8. The monoisotopic (exact) mass is 486 g/mol. The number of nitrogens with zero attached hydrogens (tertiary/aromatic N) is 2. The number of thioether (sulfide) groups is 1. The van der Waals surface area contributed by atoms with Crippen LogP contribution in [0.4, 0.5) is 5.69 Å². The summed E-state index contributed by atoms with van der Waals surface area (Å²) in [7, 11) is 3.38. The number of halogens is 2. The maximum Gasteiger partial charge on any atom is 0.266 e. The van der Waals surface area contributed by atoms with Gasteiger partial charge in [-0.15, -0.1) is 0 Å². The molecule has 0 N–H and O–H groups in total. The lowest BCUT2D eigenvalue weighted by Crippen LogP contribution is -2.23. The first-order valence-electron chi connectivity index (χ1n) is 8.75. The maximum absolute atomic E-state index is 12.8. The van der Waals surface area contributed by atoms with E-state index in [-0.39, 0.29) is 5.91 Å². The van der Waals surface area contributed by atoms with Crippen molar-refractivity contribution < 1.29 is 9.53 Å². The molecule has 4 nitrogen and oxygen atoms in total. The standard InChI is InChI=1S/C22H16BrClN2O2S/c1-26-21(27)20(29-22(26)25-14-8-9-17(23)18(24)12-14)11-13-7-10-19(28-2)16-6-4-3-5-15(13)16/h3-12H,1-2H3/b20-11-,25-22?. The number of aliphatic imine (C=N–C) groups is 1. The average Bonchev–Trinajstić information content (AvgIpc) is 2.99. The van der Waals surface area contributed by atoms with Gasteiger partial charge < -0.3 is 4.74 Å². The number of hydrogen-bond acceptors (Lipinski definition) is 4. The number of fused-ring (bicyclic) bond motifs is 1. The number of carbonyl (C=O) groups excluding carboxylic acids is 1. The van der Waals surface area contributed by atoms with Crippen molar-refractivity contribution >= 4 is 72.9 Å². The van der Waals surface area contributed by atoms with Crippen molar-refractivity contribution in [1.82, 2.24) is 4.90 Å². The number of amides is 1. The van der Waals surface area contributed by atoms with Crippen molar-refractivity contribution in [3.05, 3.63) is 74.6 Å². The van der Waals surface area contributed by atoms with Crippen LogP contribution in [0.2, 0.25) is 5.02 Å². The Labute approximate surface area is 186 Å². The molecule has 0 atom stereocenters. The molecule has 1 fully saturated rings. The molecular weight excluding hydrogens is 472 g/mol. The number of methoxy groups -OCH3 is 1. The van der Waals surface area contributed by atoms with Gasteiger partial charge in [0.2, 0.25) is 0 Å². The first-order valence-corrected chi connectivity index (χ1v) is 10.7. The van der Waals surface area contributed by atoms with Crippen LogP contribution in [-0.2, 0) is 4.79 Å². The van der Waals surface area contributed by atoms with Crippen LogP contribution in [0.5, 0.6) is 5.75 Å². The third kappa shape index (κ3) is 3.92. The summed E-state index contributed by atoms with van der Waals surface area (Å²) in [4.78, 5) is 19.5. The van der Waals surface area contributed by atoms with Gasteiger partial charge in [0.15, 0.2) is 5.17 Å². The Bertz CT molecular complexity index is 1190. The van der Waals surface area contributed by atoms with Gasteiger partial charge in [0.25, 0.3) is 5.91 Å². The van der Waals surface area contributed by atoms with Crippen molar-refractivity contribution in [2.24, 2.45) is 4.99 Å². The first-order chi connectivity index (χ1) is 14.0. The lowest BCUT2D eigenvalue weighted by Gasteiger charge is -2.08. The van der Waals surface area contributed by atoms with Gasteiger partial charge in [-0.2, -0.15) is 0 Å². The van der Waals surface area contributed by atoms with Crippen LogP contribution in [0.25, 0.3) is 16.8 Å². The minimum absolute atomic E-state index is 0.0862. The highest BCUT2D eigenvalue weighted by Crippen LogP contribution is 2.36. The number of rotatable bonds is 3. The molecule has 3 aromatic rings. The SMILES string of the molecule is COc1ccc(/C=C2\SC(=Nc3ccc(Br)c(Cl)c3)N(C)C2=O)c2ccccc12. The number of benzene rings is 3. The number of carbonyl (C=O) groups is 1. The summed E-state index contributed by atoms with van der Waals surface area (Å²) in [6.07, 6.45) is 1.91. The molecule has 1 heterocycles. The van der Waals surface area contributed by atoms with Crippen LogP contribution in [0.15, 0.2) is 69.0 Å². The molecule has 1 aliphatic rings. The molecule has 0 saturated carbocycles. The molecule has 0 bridgehead atoms. The molecule has 0 radical (unpaired) electrons. The third-order valence-electron chi connectivity index (χ3n) is 4.56. The zero-order chi connectivity index (χ0) is 20.5. The van der Waals surface area contributed by atoms with Crippen molar-refractivity contribution in [3.8, 4) is 5.75 Å². The van der Waals surface area contributed by atoms with Crippen molar-refractivity contribution in [2.75, 3.05) is 14.2 Å². The second-order valence-electron chi connectivity index (χ2n) is 6.37. The van der Waals surface area contributed by atoms with Crippen LogP contribution in [-0.4, -0.2) is 30.1 Å². The highest BCUT2D eigenvalue weighted by atomic mass is 79.9. The average molecular weight is 488 g/mol. The molecule has 0 aromatic heterocycles. The van der Waals surface area contributed by atoms with Gasteiger partial charge in [0, 0.05) is 16.9 Å². The molecule has 146 valence electrons. The Morgan fingerprint density at radius 1 is 1.14 bits per heavy atom. The van der Waals surface area contributed by atoms with E-state index in [1.54, 1.807) is 25.1 Å². The van der Waals surface area contributed by atoms with E-state index in [2.05, 4.69) is 20.9 Å². The summed E-state index contributed by atoms with van der Waals surface area (Å²) >= 11 is 10.9. The Kier molecular flexibility index (Phi) is 5.67. The highest BCUT2D eigenvalue weighted by Gasteiger charge is 2.30. The number of hydrogen-bond donors (Lipinski definition) is 0. The van der Waals surface area contributed by atoms with Gasteiger partial charge >= 0.3 is 0 Å². The van der Waals surface area contributed by atoms with Gasteiger partial charge in [0.05, 0.1) is 22.7 Å². The number of ether oxygens (including phenoxy) is 1. The molecule has 3 aromatic carbocycles. The van der Waals surface area contributed by atoms with Gasteiger partial charge in [-0.25, -0.2) is 4.99 Å². The van der Waals surface area contributed by atoms with Crippen LogP contribution < -0.4 is 4.74 Å². The molecule has 0 aliphatic carbocycles. The van der Waals surface area contributed by atoms with E-state index in [9.17, 15) is 4.79 Å². The molecule has 1 amide bonds. The highest BCUT2D eigenvalue weighted by molar-refractivity contribution is 9.10. The summed E-state index contributed by atoms with van der Waals surface area (Å²) in [6.45, 7) is 0. The normalized spacial score (nSPS) is 17.0. The Balaban J connectivity index is 1.72. The Morgan fingerprint density at radius 2 is 1.90 bits per heavy atom. The smallest absolute Gasteiger partial charge is 0.266 e. The predicted molar refractivity (Wildman–Crippen MR) is 125 cm³/mol. The van der Waals surface area contributed by atoms with E-state index < -0.39 is 0 Å². The lowest BCUT2D eigenvalue weighted by molar-refractivity contribution is -0.121. The van der Waals surface area contributed by atoms with Gasteiger partial charge in [-0.1, -0.05) is 41.9 Å². The molecule has 1 saturated heterocycles.